The van der Waals surface area contributed by atoms with Crippen LogP contribution in [0.1, 0.15) is 22.8 Å². The highest BCUT2D eigenvalue weighted by atomic mass is 32.2. The van der Waals surface area contributed by atoms with Crippen LogP contribution >= 0.6 is 0 Å². The summed E-state index contributed by atoms with van der Waals surface area (Å²) in [4.78, 5) is -1.13. The van der Waals surface area contributed by atoms with Crippen LogP contribution in [0, 0.1) is 17.1 Å². The van der Waals surface area contributed by atoms with Crippen molar-refractivity contribution < 1.29 is 40.2 Å². The van der Waals surface area contributed by atoms with Gasteiger partial charge in [0.15, 0.2) is 0 Å². The molecule has 0 aliphatic heterocycles. The second-order valence-corrected chi connectivity index (χ2v) is 7.88. The van der Waals surface area contributed by atoms with Gasteiger partial charge in [0.2, 0.25) is 9.84 Å². The lowest BCUT2D eigenvalue weighted by molar-refractivity contribution is -0.0976. The summed E-state index contributed by atoms with van der Waals surface area (Å²) in [7, 11) is -5.28. The molecule has 2 aromatic rings. The minimum Gasteiger partial charge on any atom is -0.457 e. The molecule has 2 aromatic carbocycles. The van der Waals surface area contributed by atoms with Gasteiger partial charge in [0.1, 0.15) is 23.4 Å². The normalized spacial score (nSPS) is 18.0. The van der Waals surface area contributed by atoms with Crippen molar-refractivity contribution in [1.29, 1.82) is 5.26 Å². The zero-order valence-electron chi connectivity index (χ0n) is 13.7. The van der Waals surface area contributed by atoms with E-state index in [1.807, 2.05) is 0 Å². The first-order valence-corrected chi connectivity index (χ1v) is 9.14. The van der Waals surface area contributed by atoms with E-state index >= 15 is 0 Å². The number of sulfone groups is 1. The summed E-state index contributed by atoms with van der Waals surface area (Å²) in [6.45, 7) is 0. The molecule has 1 N–H and O–H groups in total. The van der Waals surface area contributed by atoms with Gasteiger partial charge >= 0.3 is 5.76 Å². The number of benzene rings is 2. The molecule has 0 radical (unpaired) electrons. The van der Waals surface area contributed by atoms with Crippen molar-refractivity contribution in [3.05, 3.63) is 52.8 Å². The van der Waals surface area contributed by atoms with E-state index in [-0.39, 0.29) is 17.1 Å². The van der Waals surface area contributed by atoms with Crippen molar-refractivity contribution in [3.8, 4) is 17.6 Å². The summed E-state index contributed by atoms with van der Waals surface area (Å²) in [5, 5.41) is 18.7. The zero-order chi connectivity index (χ0) is 20.9. The zero-order valence-corrected chi connectivity index (χ0v) is 14.5. The van der Waals surface area contributed by atoms with Gasteiger partial charge in [0, 0.05) is 23.6 Å². The van der Waals surface area contributed by atoms with Crippen LogP contribution in [0.25, 0.3) is 0 Å². The minimum absolute atomic E-state index is 0.131. The third-order valence-corrected chi connectivity index (χ3v) is 5.57. The molecule has 0 saturated heterocycles. The highest BCUT2D eigenvalue weighted by Crippen LogP contribution is 2.50. The van der Waals surface area contributed by atoms with E-state index in [0.29, 0.717) is 6.07 Å². The molecule has 3 rings (SSSR count). The summed E-state index contributed by atoms with van der Waals surface area (Å²) < 4.78 is 96.3. The SMILES string of the molecule is N#Cc1cc(F)cc(Oc2ccc(S(=O)(=O)C(F)F)c3c2CC(F)(F)[C@H]3O)c1. The third kappa shape index (κ3) is 3.29. The number of aliphatic hydroxyl groups excluding tert-OH is 1. The van der Waals surface area contributed by atoms with Crippen LogP contribution in [0.3, 0.4) is 0 Å². The number of rotatable bonds is 4. The van der Waals surface area contributed by atoms with Gasteiger partial charge in [-0.15, -0.1) is 0 Å². The van der Waals surface area contributed by atoms with Crippen molar-refractivity contribution in [2.24, 2.45) is 0 Å². The molecule has 148 valence electrons. The molecule has 0 unspecified atom stereocenters. The van der Waals surface area contributed by atoms with Crippen LogP contribution in [-0.2, 0) is 16.3 Å². The van der Waals surface area contributed by atoms with Crippen LogP contribution in [0.5, 0.6) is 11.5 Å². The first kappa shape index (κ1) is 20.0. The standard InChI is InChI=1S/C17H10F5NO4S/c18-9-3-8(7-23)4-10(5-9)27-12-1-2-13(28(25,26)16(19)20)14-11(12)6-17(21,22)15(14)24/h1-5,15-16,24H,6H2/t15-/m0/s1. The Morgan fingerprint density at radius 2 is 1.93 bits per heavy atom. The number of aliphatic hydroxyl groups is 1. The Morgan fingerprint density at radius 1 is 1.25 bits per heavy atom. The second-order valence-electron chi connectivity index (χ2n) is 5.99. The highest BCUT2D eigenvalue weighted by Gasteiger charge is 2.51. The molecular formula is C17H10F5NO4S. The second kappa shape index (κ2) is 6.72. The quantitative estimate of drug-likeness (QED) is 0.764. The number of ether oxygens (including phenoxy) is 1. The predicted octanol–water partition coefficient (Wildman–Crippen LogP) is 3.71. The van der Waals surface area contributed by atoms with Crippen LogP contribution in [-0.4, -0.2) is 25.2 Å². The van der Waals surface area contributed by atoms with Crippen LogP contribution in [0.15, 0.2) is 35.2 Å². The number of nitrogens with zero attached hydrogens (tertiary/aromatic N) is 1. The van der Waals surface area contributed by atoms with Crippen LogP contribution < -0.4 is 4.74 Å². The van der Waals surface area contributed by atoms with Crippen molar-refractivity contribution in [2.75, 3.05) is 0 Å². The molecule has 1 aliphatic rings. The monoisotopic (exact) mass is 419 g/mol. The minimum atomic E-state index is -5.28. The Bertz CT molecular complexity index is 1100. The van der Waals surface area contributed by atoms with Gasteiger partial charge in [0.25, 0.3) is 5.92 Å². The Kier molecular flexibility index (Phi) is 4.81. The maximum Gasteiger partial charge on any atom is 0.341 e. The number of nitriles is 1. The lowest BCUT2D eigenvalue weighted by Gasteiger charge is -2.16. The van der Waals surface area contributed by atoms with E-state index in [1.54, 1.807) is 6.07 Å². The predicted molar refractivity (Wildman–Crippen MR) is 84.4 cm³/mol. The van der Waals surface area contributed by atoms with E-state index in [9.17, 15) is 35.5 Å². The molecule has 1 atom stereocenters. The van der Waals surface area contributed by atoms with Crippen molar-refractivity contribution in [1.82, 2.24) is 0 Å². The number of hydrogen-bond acceptors (Lipinski definition) is 5. The molecule has 1 aliphatic carbocycles. The maximum atomic E-state index is 14.0. The molecule has 28 heavy (non-hydrogen) atoms. The molecular weight excluding hydrogens is 409 g/mol. The third-order valence-electron chi connectivity index (χ3n) is 4.13. The van der Waals surface area contributed by atoms with Gasteiger partial charge < -0.3 is 9.84 Å². The molecule has 0 amide bonds. The average Bonchev–Trinajstić information content (AvgIpc) is 2.85. The molecule has 11 heteroatoms. The summed E-state index contributed by atoms with van der Waals surface area (Å²) >= 11 is 0. The Hall–Kier alpha value is -2.71. The summed E-state index contributed by atoms with van der Waals surface area (Å²) in [6, 6.07) is 5.99. The molecule has 0 heterocycles. The van der Waals surface area contributed by atoms with Gasteiger partial charge in [0.05, 0.1) is 16.5 Å². The maximum absolute atomic E-state index is 14.0. The Morgan fingerprint density at radius 3 is 2.54 bits per heavy atom. The van der Waals surface area contributed by atoms with Gasteiger partial charge in [-0.05, 0) is 24.3 Å². The Balaban J connectivity index is 2.17. The number of halogens is 5. The van der Waals surface area contributed by atoms with E-state index in [4.69, 9.17) is 10.00 Å². The fraction of sp³-hybridized carbons (Fsp3) is 0.235. The molecule has 0 spiro atoms. The van der Waals surface area contributed by atoms with E-state index in [0.717, 1.165) is 24.3 Å². The first-order chi connectivity index (χ1) is 13.0. The summed E-state index contributed by atoms with van der Waals surface area (Å²) in [6.07, 6.45) is -3.82. The summed E-state index contributed by atoms with van der Waals surface area (Å²) in [5.74, 6) is -9.20. The number of hydrogen-bond donors (Lipinski definition) is 1. The first-order valence-electron chi connectivity index (χ1n) is 7.59. The number of alkyl halides is 4. The summed E-state index contributed by atoms with van der Waals surface area (Å²) in [5.41, 5.74) is -1.52. The molecule has 0 saturated carbocycles. The van der Waals surface area contributed by atoms with E-state index < -0.39 is 55.9 Å². The van der Waals surface area contributed by atoms with Gasteiger partial charge in [-0.1, -0.05) is 0 Å². The number of fused-ring (bicyclic) bond motifs is 1. The van der Waals surface area contributed by atoms with Crippen molar-refractivity contribution in [3.63, 3.8) is 0 Å². The van der Waals surface area contributed by atoms with Crippen molar-refractivity contribution in [2.45, 2.75) is 29.1 Å². The molecule has 0 fully saturated rings. The fourth-order valence-corrected chi connectivity index (χ4v) is 3.89. The largest absolute Gasteiger partial charge is 0.457 e. The van der Waals surface area contributed by atoms with Gasteiger partial charge in [-0.3, -0.25) is 0 Å². The van der Waals surface area contributed by atoms with E-state index in [2.05, 4.69) is 0 Å². The lowest BCUT2D eigenvalue weighted by Crippen LogP contribution is -2.23. The lowest BCUT2D eigenvalue weighted by atomic mass is 10.1. The van der Waals surface area contributed by atoms with Crippen molar-refractivity contribution >= 4 is 9.84 Å². The topological polar surface area (TPSA) is 87.4 Å². The molecule has 0 aromatic heterocycles. The van der Waals surface area contributed by atoms with Gasteiger partial charge in [-0.25, -0.2) is 21.6 Å². The smallest absolute Gasteiger partial charge is 0.341 e. The Labute approximate surface area is 155 Å². The van der Waals surface area contributed by atoms with Gasteiger partial charge in [-0.2, -0.15) is 14.0 Å². The molecule has 5 nitrogen and oxygen atoms in total. The fourth-order valence-electron chi connectivity index (χ4n) is 2.90. The van der Waals surface area contributed by atoms with Crippen LogP contribution in [0.2, 0.25) is 0 Å². The average molecular weight is 419 g/mol. The van der Waals surface area contributed by atoms with Crippen LogP contribution in [0.4, 0.5) is 22.0 Å². The highest BCUT2D eigenvalue weighted by molar-refractivity contribution is 7.91. The van der Waals surface area contributed by atoms with E-state index in [1.165, 1.54) is 0 Å². The molecule has 0 bridgehead atoms.